The Hall–Kier alpha value is -2.72. The maximum absolute atomic E-state index is 13.0. The fourth-order valence-electron chi connectivity index (χ4n) is 3.85. The third-order valence-electron chi connectivity index (χ3n) is 5.39. The number of Topliss-reactive ketones (excluding diaryl/α,β-unsaturated/α-hetero) is 1. The number of imidazole rings is 1. The molecule has 1 atom stereocenters. The van der Waals surface area contributed by atoms with Crippen molar-refractivity contribution >= 4 is 5.78 Å². The molecule has 1 fully saturated rings. The monoisotopic (exact) mass is 359 g/mol. The molecule has 4 heteroatoms. The summed E-state index contributed by atoms with van der Waals surface area (Å²) >= 11 is 0. The highest BCUT2D eigenvalue weighted by atomic mass is 16.1. The Labute approximate surface area is 160 Å². The lowest BCUT2D eigenvalue weighted by Gasteiger charge is -2.32. The van der Waals surface area contributed by atoms with Gasteiger partial charge in [-0.05, 0) is 55.6 Å². The lowest BCUT2D eigenvalue weighted by Crippen LogP contribution is -2.39. The number of piperidine rings is 1. The van der Waals surface area contributed by atoms with Gasteiger partial charge in [0.2, 0.25) is 0 Å². The van der Waals surface area contributed by atoms with Crippen molar-refractivity contribution in [3.05, 3.63) is 84.4 Å². The summed E-state index contributed by atoms with van der Waals surface area (Å²) in [6.07, 6.45) is 8.56. The van der Waals surface area contributed by atoms with Crippen LogP contribution in [0, 0.1) is 5.92 Å². The zero-order valence-corrected chi connectivity index (χ0v) is 15.5. The van der Waals surface area contributed by atoms with Gasteiger partial charge in [-0.1, -0.05) is 30.3 Å². The molecule has 2 heterocycles. The van der Waals surface area contributed by atoms with Crippen LogP contribution in [0.3, 0.4) is 0 Å². The van der Waals surface area contributed by atoms with E-state index in [9.17, 15) is 4.79 Å². The Morgan fingerprint density at radius 2 is 1.89 bits per heavy atom. The molecule has 1 aliphatic heterocycles. The van der Waals surface area contributed by atoms with Gasteiger partial charge in [-0.3, -0.25) is 4.79 Å². The quantitative estimate of drug-likeness (QED) is 0.624. The summed E-state index contributed by atoms with van der Waals surface area (Å²) in [6.45, 7) is 2.98. The molecule has 0 radical (unpaired) electrons. The zero-order valence-electron chi connectivity index (χ0n) is 15.5. The van der Waals surface area contributed by atoms with Gasteiger partial charge in [-0.2, -0.15) is 0 Å². The van der Waals surface area contributed by atoms with E-state index in [4.69, 9.17) is 0 Å². The van der Waals surface area contributed by atoms with Crippen molar-refractivity contribution in [1.82, 2.24) is 14.5 Å². The first-order chi connectivity index (χ1) is 13.3. The number of nitrogens with zero attached hydrogens (tertiary/aromatic N) is 3. The van der Waals surface area contributed by atoms with E-state index in [1.165, 1.54) is 5.56 Å². The van der Waals surface area contributed by atoms with Gasteiger partial charge >= 0.3 is 0 Å². The van der Waals surface area contributed by atoms with Gasteiger partial charge in [-0.25, -0.2) is 4.98 Å². The molecule has 3 aromatic rings. The Bertz CT molecular complexity index is 856. The molecule has 1 saturated heterocycles. The first kappa shape index (κ1) is 17.7. The Morgan fingerprint density at radius 3 is 2.63 bits per heavy atom. The third kappa shape index (κ3) is 4.34. The fraction of sp³-hybridized carbons (Fsp3) is 0.304. The Morgan fingerprint density at radius 1 is 1.07 bits per heavy atom. The molecule has 1 aliphatic rings. The molecule has 0 spiro atoms. The molecule has 0 aliphatic carbocycles. The summed E-state index contributed by atoms with van der Waals surface area (Å²) in [4.78, 5) is 19.5. The first-order valence-electron chi connectivity index (χ1n) is 9.68. The maximum Gasteiger partial charge on any atom is 0.167 e. The molecule has 1 aromatic heterocycles. The predicted octanol–water partition coefficient (Wildman–Crippen LogP) is 4.01. The van der Waals surface area contributed by atoms with Crippen molar-refractivity contribution in [3.8, 4) is 5.69 Å². The van der Waals surface area contributed by atoms with Gasteiger partial charge in [0.1, 0.15) is 0 Å². The van der Waals surface area contributed by atoms with Crippen LogP contribution in [0.25, 0.3) is 5.69 Å². The Balaban J connectivity index is 1.36. The number of hydrogen-bond donors (Lipinski definition) is 0. The van der Waals surface area contributed by atoms with Gasteiger partial charge in [0, 0.05) is 42.7 Å². The highest BCUT2D eigenvalue weighted by Crippen LogP contribution is 2.22. The molecule has 27 heavy (non-hydrogen) atoms. The van der Waals surface area contributed by atoms with E-state index in [-0.39, 0.29) is 11.7 Å². The average Bonchev–Trinajstić information content (AvgIpc) is 3.28. The number of likely N-dealkylation sites (tertiary alicyclic amines) is 1. The molecule has 0 N–H and O–H groups in total. The molecule has 0 amide bonds. The standard InChI is InChI=1S/C23H25N3O/c27-23(20-8-10-22(11-9-20)26-16-13-24-18-26)21-7-4-14-25(17-21)15-12-19-5-2-1-3-6-19/h1-3,5-6,8-11,13,16,18,21H,4,7,12,14-15,17H2. The third-order valence-corrected chi connectivity index (χ3v) is 5.39. The highest BCUT2D eigenvalue weighted by Gasteiger charge is 2.26. The van der Waals surface area contributed by atoms with E-state index in [1.807, 2.05) is 35.0 Å². The van der Waals surface area contributed by atoms with E-state index in [0.717, 1.165) is 50.1 Å². The minimum absolute atomic E-state index is 0.105. The summed E-state index contributed by atoms with van der Waals surface area (Å²) in [5.74, 6) is 0.380. The maximum atomic E-state index is 13.0. The largest absolute Gasteiger partial charge is 0.306 e. The summed E-state index contributed by atoms with van der Waals surface area (Å²) in [5, 5.41) is 0. The van der Waals surface area contributed by atoms with Crippen LogP contribution in [0.15, 0.2) is 73.3 Å². The second-order valence-corrected chi connectivity index (χ2v) is 7.26. The second kappa shape index (κ2) is 8.31. The van der Waals surface area contributed by atoms with E-state index in [0.29, 0.717) is 0 Å². The first-order valence-corrected chi connectivity index (χ1v) is 9.68. The summed E-state index contributed by atoms with van der Waals surface area (Å²) in [5.41, 5.74) is 3.20. The topological polar surface area (TPSA) is 38.1 Å². The lowest BCUT2D eigenvalue weighted by molar-refractivity contribution is 0.0821. The van der Waals surface area contributed by atoms with E-state index < -0.39 is 0 Å². The molecule has 0 saturated carbocycles. The van der Waals surface area contributed by atoms with Gasteiger partial charge in [-0.15, -0.1) is 0 Å². The van der Waals surface area contributed by atoms with Crippen LogP contribution in [-0.2, 0) is 6.42 Å². The molecule has 138 valence electrons. The van der Waals surface area contributed by atoms with E-state index in [2.05, 4.69) is 40.2 Å². The van der Waals surface area contributed by atoms with Crippen molar-refractivity contribution in [3.63, 3.8) is 0 Å². The molecule has 1 unspecified atom stereocenters. The van der Waals surface area contributed by atoms with Gasteiger partial charge in [0.05, 0.1) is 6.33 Å². The SMILES string of the molecule is O=C(c1ccc(-n2ccnc2)cc1)C1CCCN(CCc2ccccc2)C1. The number of carbonyl (C=O) groups is 1. The number of hydrogen-bond acceptors (Lipinski definition) is 3. The van der Waals surface area contributed by atoms with Crippen molar-refractivity contribution in [2.75, 3.05) is 19.6 Å². The minimum atomic E-state index is 0.105. The normalized spacial score (nSPS) is 17.7. The van der Waals surface area contributed by atoms with Crippen LogP contribution in [0.2, 0.25) is 0 Å². The van der Waals surface area contributed by atoms with E-state index in [1.54, 1.807) is 12.5 Å². The average molecular weight is 359 g/mol. The smallest absolute Gasteiger partial charge is 0.167 e. The van der Waals surface area contributed by atoms with Crippen LogP contribution < -0.4 is 0 Å². The predicted molar refractivity (Wildman–Crippen MR) is 107 cm³/mol. The van der Waals surface area contributed by atoms with Gasteiger partial charge in [0.15, 0.2) is 5.78 Å². The molecular weight excluding hydrogens is 334 g/mol. The molecular formula is C23H25N3O. The number of rotatable bonds is 6. The number of benzene rings is 2. The summed E-state index contributed by atoms with van der Waals surface area (Å²) < 4.78 is 1.94. The van der Waals surface area contributed by atoms with Crippen LogP contribution >= 0.6 is 0 Å². The molecule has 4 rings (SSSR count). The van der Waals surface area contributed by atoms with Crippen molar-refractivity contribution in [1.29, 1.82) is 0 Å². The Kier molecular flexibility index (Phi) is 5.45. The molecule has 0 bridgehead atoms. The fourth-order valence-corrected chi connectivity index (χ4v) is 3.85. The van der Waals surface area contributed by atoms with Gasteiger partial charge in [0.25, 0.3) is 0 Å². The number of aromatic nitrogens is 2. The number of ketones is 1. The van der Waals surface area contributed by atoms with Crippen LogP contribution in [0.1, 0.15) is 28.8 Å². The van der Waals surface area contributed by atoms with Crippen LogP contribution in [0.5, 0.6) is 0 Å². The zero-order chi connectivity index (χ0) is 18.5. The van der Waals surface area contributed by atoms with E-state index >= 15 is 0 Å². The summed E-state index contributed by atoms with van der Waals surface area (Å²) in [6, 6.07) is 18.5. The summed E-state index contributed by atoms with van der Waals surface area (Å²) in [7, 11) is 0. The van der Waals surface area contributed by atoms with Crippen LogP contribution in [0.4, 0.5) is 0 Å². The van der Waals surface area contributed by atoms with Crippen molar-refractivity contribution in [2.45, 2.75) is 19.3 Å². The number of carbonyl (C=O) groups excluding carboxylic acids is 1. The molecule has 2 aromatic carbocycles. The second-order valence-electron chi connectivity index (χ2n) is 7.26. The van der Waals surface area contributed by atoms with Crippen molar-refractivity contribution in [2.24, 2.45) is 5.92 Å². The van der Waals surface area contributed by atoms with Gasteiger partial charge < -0.3 is 9.47 Å². The lowest BCUT2D eigenvalue weighted by atomic mass is 9.89. The van der Waals surface area contributed by atoms with Crippen LogP contribution in [-0.4, -0.2) is 39.9 Å². The van der Waals surface area contributed by atoms with Crippen molar-refractivity contribution < 1.29 is 4.79 Å². The molecule has 4 nitrogen and oxygen atoms in total. The minimum Gasteiger partial charge on any atom is -0.306 e. The highest BCUT2D eigenvalue weighted by molar-refractivity contribution is 5.98.